The molecule has 1 fully saturated rings. The van der Waals surface area contributed by atoms with Gasteiger partial charge in [0.05, 0.1) is 35.9 Å². The summed E-state index contributed by atoms with van der Waals surface area (Å²) in [5, 5.41) is 6.13. The predicted molar refractivity (Wildman–Crippen MR) is 128 cm³/mol. The lowest BCUT2D eigenvalue weighted by Gasteiger charge is -2.17. The number of para-hydroxylation sites is 1. The van der Waals surface area contributed by atoms with Gasteiger partial charge in [-0.15, -0.1) is 0 Å². The Labute approximate surface area is 200 Å². The number of aromatic nitrogens is 4. The van der Waals surface area contributed by atoms with E-state index in [4.69, 9.17) is 9.47 Å². The van der Waals surface area contributed by atoms with Crippen molar-refractivity contribution in [2.75, 3.05) is 19.0 Å². The Bertz CT molecular complexity index is 1480. The number of rotatable bonds is 6. The van der Waals surface area contributed by atoms with E-state index in [9.17, 15) is 9.18 Å². The number of fused-ring (bicyclic) bond motifs is 2. The van der Waals surface area contributed by atoms with Gasteiger partial charge < -0.3 is 25.1 Å². The van der Waals surface area contributed by atoms with Gasteiger partial charge in [-0.25, -0.2) is 9.37 Å². The van der Waals surface area contributed by atoms with E-state index in [1.165, 1.54) is 13.2 Å². The molecule has 0 atom stereocenters. The molecule has 4 heterocycles. The number of hydrogen-bond acceptors (Lipinski definition) is 7. The summed E-state index contributed by atoms with van der Waals surface area (Å²) in [4.78, 5) is 29.7. The summed E-state index contributed by atoms with van der Waals surface area (Å²) in [7, 11) is 1.40. The van der Waals surface area contributed by atoms with Crippen LogP contribution in [0.15, 0.2) is 36.7 Å². The summed E-state index contributed by atoms with van der Waals surface area (Å²) in [6.07, 6.45) is 5.83. The minimum Gasteiger partial charge on any atom is -0.492 e. The summed E-state index contributed by atoms with van der Waals surface area (Å²) in [6, 6.07) is 6.69. The molecule has 3 N–H and O–H groups in total. The standard InChI is InChI=1S/C25H23FN6O3/c1-25(8-9-25)35-24-29-12-17-19(32-24)13(6-10-27-17)20-21(18-15(30-20)7-11-28-23(18)33)31-16-5-3-4-14(26)22(16)34-2/h3-6,10,12,30-31H,7-9,11H2,1-2H3,(H,28,33). The highest BCUT2D eigenvalue weighted by atomic mass is 19.1. The average Bonchev–Trinajstić information content (AvgIpc) is 3.45. The van der Waals surface area contributed by atoms with Crippen molar-refractivity contribution in [1.82, 2.24) is 25.3 Å². The lowest BCUT2D eigenvalue weighted by atomic mass is 10.0. The van der Waals surface area contributed by atoms with Crippen molar-refractivity contribution in [3.8, 4) is 23.0 Å². The molecule has 1 aromatic carbocycles. The Balaban J connectivity index is 1.54. The van der Waals surface area contributed by atoms with Crippen molar-refractivity contribution in [3.05, 3.63) is 53.7 Å². The van der Waals surface area contributed by atoms with Crippen LogP contribution in [0.2, 0.25) is 0 Å². The zero-order chi connectivity index (χ0) is 24.2. The molecular formula is C25H23FN6O3. The first kappa shape index (κ1) is 21.3. The van der Waals surface area contributed by atoms with Crippen molar-refractivity contribution < 1.29 is 18.7 Å². The molecule has 0 unspecified atom stereocenters. The van der Waals surface area contributed by atoms with E-state index in [-0.39, 0.29) is 23.3 Å². The van der Waals surface area contributed by atoms with E-state index in [0.717, 1.165) is 18.5 Å². The largest absolute Gasteiger partial charge is 0.492 e. The molecule has 9 nitrogen and oxygen atoms in total. The number of nitrogens with zero attached hydrogens (tertiary/aromatic N) is 3. The monoisotopic (exact) mass is 474 g/mol. The van der Waals surface area contributed by atoms with Crippen molar-refractivity contribution in [3.63, 3.8) is 0 Å². The fourth-order valence-electron chi connectivity index (χ4n) is 4.33. The van der Waals surface area contributed by atoms with E-state index in [1.807, 2.05) is 13.0 Å². The van der Waals surface area contributed by atoms with Gasteiger partial charge in [-0.1, -0.05) is 6.07 Å². The lowest BCUT2D eigenvalue weighted by Crippen LogP contribution is -2.31. The number of carbonyl (C=O) groups excluding carboxylic acids is 1. The summed E-state index contributed by atoms with van der Waals surface area (Å²) in [5.74, 6) is -0.671. The maximum atomic E-state index is 14.4. The van der Waals surface area contributed by atoms with E-state index < -0.39 is 5.82 Å². The molecule has 0 saturated heterocycles. The van der Waals surface area contributed by atoms with Crippen LogP contribution in [-0.2, 0) is 6.42 Å². The zero-order valence-electron chi connectivity index (χ0n) is 19.2. The van der Waals surface area contributed by atoms with Crippen molar-refractivity contribution in [2.24, 2.45) is 0 Å². The van der Waals surface area contributed by atoms with E-state index in [0.29, 0.717) is 52.2 Å². The van der Waals surface area contributed by atoms with Crippen LogP contribution in [0, 0.1) is 5.82 Å². The Morgan fingerprint density at radius 3 is 2.86 bits per heavy atom. The first-order valence-corrected chi connectivity index (χ1v) is 11.4. The Morgan fingerprint density at radius 1 is 1.20 bits per heavy atom. The van der Waals surface area contributed by atoms with Crippen LogP contribution in [0.5, 0.6) is 11.8 Å². The first-order chi connectivity index (χ1) is 17.0. The number of methoxy groups -OCH3 is 1. The van der Waals surface area contributed by atoms with Gasteiger partial charge in [0.15, 0.2) is 11.6 Å². The predicted octanol–water partition coefficient (Wildman–Crippen LogP) is 4.13. The van der Waals surface area contributed by atoms with E-state index >= 15 is 0 Å². The molecule has 2 aliphatic rings. The number of hydrogen-bond donors (Lipinski definition) is 3. The number of H-pyrrole nitrogens is 1. The number of ether oxygens (including phenoxy) is 2. The van der Waals surface area contributed by atoms with Crippen LogP contribution in [-0.4, -0.2) is 45.1 Å². The van der Waals surface area contributed by atoms with Gasteiger partial charge in [-0.2, -0.15) is 4.98 Å². The van der Waals surface area contributed by atoms with Crippen molar-refractivity contribution >= 4 is 28.3 Å². The highest BCUT2D eigenvalue weighted by molar-refractivity contribution is 6.08. The second kappa shape index (κ2) is 7.93. The second-order valence-electron chi connectivity index (χ2n) is 8.98. The summed E-state index contributed by atoms with van der Waals surface area (Å²) in [6.45, 7) is 2.54. The zero-order valence-corrected chi connectivity index (χ0v) is 19.2. The van der Waals surface area contributed by atoms with Gasteiger partial charge in [0.2, 0.25) is 0 Å². The van der Waals surface area contributed by atoms with Crippen LogP contribution >= 0.6 is 0 Å². The van der Waals surface area contributed by atoms with E-state index in [2.05, 4.69) is 30.6 Å². The molecular weight excluding hydrogens is 451 g/mol. The Morgan fingerprint density at radius 2 is 2.06 bits per heavy atom. The molecule has 0 radical (unpaired) electrons. The highest BCUT2D eigenvalue weighted by Crippen LogP contribution is 2.42. The molecule has 178 valence electrons. The van der Waals surface area contributed by atoms with Gasteiger partial charge in [-0.05, 0) is 38.0 Å². The van der Waals surface area contributed by atoms with Crippen LogP contribution < -0.4 is 20.1 Å². The van der Waals surface area contributed by atoms with Crippen molar-refractivity contribution in [1.29, 1.82) is 0 Å². The summed E-state index contributed by atoms with van der Waals surface area (Å²) >= 11 is 0. The Hall–Kier alpha value is -4.21. The molecule has 35 heavy (non-hydrogen) atoms. The van der Waals surface area contributed by atoms with Gasteiger partial charge in [0.25, 0.3) is 5.91 Å². The SMILES string of the molecule is COc1c(F)cccc1Nc1c(-c2ccnc3cnc(OC4(C)CC4)nc23)[nH]c2c1C(=O)NCC2. The lowest BCUT2D eigenvalue weighted by molar-refractivity contribution is 0.0947. The number of carbonyl (C=O) groups is 1. The molecule has 10 heteroatoms. The van der Waals surface area contributed by atoms with Gasteiger partial charge in [0.1, 0.15) is 16.6 Å². The number of halogens is 1. The number of aromatic amines is 1. The third kappa shape index (κ3) is 3.71. The quantitative estimate of drug-likeness (QED) is 0.385. The van der Waals surface area contributed by atoms with Crippen molar-refractivity contribution in [2.45, 2.75) is 31.8 Å². The number of nitrogens with one attached hydrogen (secondary N) is 3. The molecule has 4 aromatic rings. The molecule has 0 bridgehead atoms. The van der Waals surface area contributed by atoms with Crippen LogP contribution in [0.1, 0.15) is 35.8 Å². The maximum Gasteiger partial charge on any atom is 0.317 e. The minimum atomic E-state index is -0.509. The van der Waals surface area contributed by atoms with Gasteiger partial charge in [-0.3, -0.25) is 9.78 Å². The fourth-order valence-corrected chi connectivity index (χ4v) is 4.33. The molecule has 1 aliphatic heterocycles. The van der Waals surface area contributed by atoms with Gasteiger partial charge >= 0.3 is 6.01 Å². The molecule has 1 aliphatic carbocycles. The minimum absolute atomic E-state index is 0.0555. The van der Waals surface area contributed by atoms with Crippen LogP contribution in [0.25, 0.3) is 22.3 Å². The Kier molecular flexibility index (Phi) is 4.84. The first-order valence-electron chi connectivity index (χ1n) is 11.4. The summed E-state index contributed by atoms with van der Waals surface area (Å²) < 4.78 is 25.7. The fraction of sp³-hybridized carbons (Fsp3) is 0.280. The smallest absolute Gasteiger partial charge is 0.317 e. The molecule has 6 rings (SSSR count). The molecule has 1 saturated carbocycles. The van der Waals surface area contributed by atoms with Gasteiger partial charge in [0, 0.05) is 30.4 Å². The van der Waals surface area contributed by atoms with Crippen LogP contribution in [0.3, 0.4) is 0 Å². The number of pyridine rings is 1. The maximum absolute atomic E-state index is 14.4. The molecule has 0 spiro atoms. The molecule has 1 amide bonds. The summed E-state index contributed by atoms with van der Waals surface area (Å²) in [5.41, 5.74) is 4.42. The van der Waals surface area contributed by atoms with E-state index in [1.54, 1.807) is 24.5 Å². The average molecular weight is 474 g/mol. The topological polar surface area (TPSA) is 114 Å². The van der Waals surface area contributed by atoms with Crippen LogP contribution in [0.4, 0.5) is 15.8 Å². The highest BCUT2D eigenvalue weighted by Gasteiger charge is 2.41. The number of anilines is 2. The third-order valence-corrected chi connectivity index (χ3v) is 6.41. The third-order valence-electron chi connectivity index (χ3n) is 6.41. The second-order valence-corrected chi connectivity index (χ2v) is 8.98. The number of amides is 1. The number of benzene rings is 1. The normalized spacial score (nSPS) is 15.9. The molecule has 3 aromatic heterocycles.